The van der Waals surface area contributed by atoms with Crippen LogP contribution in [0, 0.1) is 0 Å². The molecule has 5 heteroatoms. The molecule has 0 saturated carbocycles. The minimum Gasteiger partial charge on any atom is -0.369 e. The molecule has 1 aromatic heterocycles. The van der Waals surface area contributed by atoms with Gasteiger partial charge in [0.2, 0.25) is 0 Å². The molecule has 4 nitrogen and oxygen atoms in total. The molecule has 0 amide bonds. The molecule has 0 bridgehead atoms. The Bertz CT molecular complexity index is 802. The van der Waals surface area contributed by atoms with Crippen molar-refractivity contribution in [1.82, 2.24) is 9.69 Å². The van der Waals surface area contributed by atoms with Crippen molar-refractivity contribution in [3.05, 3.63) is 79.1 Å². The molecule has 0 unspecified atom stereocenters. The molecule has 0 radical (unpaired) electrons. The smallest absolute Gasteiger partial charge is 0.369 e. The van der Waals surface area contributed by atoms with Gasteiger partial charge in [0.1, 0.15) is 6.21 Å². The van der Waals surface area contributed by atoms with Crippen LogP contribution in [-0.2, 0) is 0 Å². The average Bonchev–Trinajstić information content (AvgIpc) is 3.62. The third-order valence-corrected chi connectivity index (χ3v) is 4.43. The molecule has 1 aliphatic heterocycles. The van der Waals surface area contributed by atoms with Crippen LogP contribution in [0.3, 0.4) is 0 Å². The zero-order valence-corrected chi connectivity index (χ0v) is 20.7. The molecular weight excluding hydrogens is 379 g/mol. The highest BCUT2D eigenvalue weighted by atomic mass is 15.4. The Morgan fingerprint density at radius 3 is 1.55 bits per heavy atom. The summed E-state index contributed by atoms with van der Waals surface area (Å²) in [4.78, 5) is 0. The van der Waals surface area contributed by atoms with Crippen LogP contribution in [0.15, 0.2) is 84.2 Å². The van der Waals surface area contributed by atoms with Gasteiger partial charge in [0.15, 0.2) is 0 Å². The lowest BCUT2D eigenvalue weighted by molar-refractivity contribution is -0.394. The second-order valence-electron chi connectivity index (χ2n) is 5.68. The molecule has 0 saturated heterocycles. The maximum Gasteiger partial charge on any atom is 0.473 e. The maximum absolute atomic E-state index is 4.64. The summed E-state index contributed by atoms with van der Waals surface area (Å²) in [7, 11) is 0. The number of hydrogen-bond donors (Lipinski definition) is 0. The lowest BCUT2D eigenvalue weighted by Crippen LogP contribution is -2.70. The SMILES string of the molecule is C1=N[N+]([B-](c2ccccc2)(c2ccccc2)n2cccn2)=CC1.CC.CC.CC.CC. The standard InChI is InChI=1S/C18H17BN4.4C2H6/c1-3-9-17(10-4-1)19(22-15-7-13-20-22,23-16-8-14-21-23)18-11-5-2-6-12-18;4*1-2/h1-7,9-16H,8H2;4*1-2H3. The number of rotatable bonds is 4. The summed E-state index contributed by atoms with van der Waals surface area (Å²) in [6.07, 6.45) is 7.24. The van der Waals surface area contributed by atoms with E-state index in [-0.39, 0.29) is 0 Å². The molecule has 31 heavy (non-hydrogen) atoms. The zero-order valence-electron chi connectivity index (χ0n) is 20.7. The maximum atomic E-state index is 4.64. The first-order valence-corrected chi connectivity index (χ1v) is 11.8. The van der Waals surface area contributed by atoms with Gasteiger partial charge >= 0.3 is 6.42 Å². The number of aromatic nitrogens is 2. The molecule has 0 fully saturated rings. The van der Waals surface area contributed by atoms with E-state index in [0.29, 0.717) is 0 Å². The highest BCUT2D eigenvalue weighted by Crippen LogP contribution is 2.12. The summed E-state index contributed by atoms with van der Waals surface area (Å²) >= 11 is 0. The summed E-state index contributed by atoms with van der Waals surface area (Å²) in [5, 5.41) is 9.23. The highest BCUT2D eigenvalue weighted by molar-refractivity contribution is 6.95. The molecule has 0 N–H and O–H groups in total. The molecule has 0 aliphatic carbocycles. The van der Waals surface area contributed by atoms with Gasteiger partial charge in [-0.25, -0.2) is 5.10 Å². The van der Waals surface area contributed by atoms with Gasteiger partial charge in [0.05, 0.1) is 12.6 Å². The Balaban J connectivity index is 0.00000102. The molecule has 168 valence electrons. The molecule has 0 spiro atoms. The third kappa shape index (κ3) is 6.52. The second kappa shape index (κ2) is 16.8. The van der Waals surface area contributed by atoms with Gasteiger partial charge < -0.3 is 4.59 Å². The lowest BCUT2D eigenvalue weighted by atomic mass is 9.37. The van der Waals surface area contributed by atoms with Crippen LogP contribution >= 0.6 is 0 Å². The van der Waals surface area contributed by atoms with E-state index in [0.717, 1.165) is 6.42 Å². The number of hydrazone groups is 1. The van der Waals surface area contributed by atoms with Crippen LogP contribution < -0.4 is 10.9 Å². The molecule has 4 rings (SSSR count). The van der Waals surface area contributed by atoms with Gasteiger partial charge in [-0.3, -0.25) is 4.60 Å². The minimum absolute atomic E-state index is 0.838. The first-order valence-electron chi connectivity index (χ1n) is 11.8. The van der Waals surface area contributed by atoms with Crippen LogP contribution in [0.25, 0.3) is 0 Å². The predicted molar refractivity (Wildman–Crippen MR) is 140 cm³/mol. The van der Waals surface area contributed by atoms with Crippen molar-refractivity contribution in [2.24, 2.45) is 5.10 Å². The van der Waals surface area contributed by atoms with Crippen LogP contribution in [0.4, 0.5) is 0 Å². The van der Waals surface area contributed by atoms with E-state index in [2.05, 4.69) is 69.5 Å². The van der Waals surface area contributed by atoms with Crippen molar-refractivity contribution in [3.63, 3.8) is 0 Å². The van der Waals surface area contributed by atoms with E-state index in [4.69, 9.17) is 0 Å². The average molecular weight is 420 g/mol. The molecule has 2 aromatic carbocycles. The van der Waals surface area contributed by atoms with E-state index in [1.165, 1.54) is 10.9 Å². The van der Waals surface area contributed by atoms with Gasteiger partial charge in [-0.15, -0.1) is 10.9 Å². The van der Waals surface area contributed by atoms with E-state index < -0.39 is 6.42 Å². The van der Waals surface area contributed by atoms with Crippen molar-refractivity contribution in [1.29, 1.82) is 0 Å². The highest BCUT2D eigenvalue weighted by Gasteiger charge is 2.47. The zero-order chi connectivity index (χ0) is 23.5. The van der Waals surface area contributed by atoms with Gasteiger partial charge in [0.25, 0.3) is 0 Å². The van der Waals surface area contributed by atoms with Gasteiger partial charge in [0, 0.05) is 6.20 Å². The molecule has 0 atom stereocenters. The van der Waals surface area contributed by atoms with Gasteiger partial charge in [-0.2, -0.15) is 0 Å². The second-order valence-corrected chi connectivity index (χ2v) is 5.68. The largest absolute Gasteiger partial charge is 0.473 e. The van der Waals surface area contributed by atoms with E-state index in [1.807, 2.05) is 96.8 Å². The Labute approximate surface area is 190 Å². The van der Waals surface area contributed by atoms with Gasteiger partial charge in [-0.05, 0) is 12.3 Å². The van der Waals surface area contributed by atoms with Crippen LogP contribution in [0.2, 0.25) is 0 Å². The number of hydrogen-bond acceptors (Lipinski definition) is 2. The molecule has 3 aromatic rings. The summed E-state index contributed by atoms with van der Waals surface area (Å²) < 4.78 is 4.10. The first kappa shape index (κ1) is 28.1. The van der Waals surface area contributed by atoms with Crippen molar-refractivity contribution in [2.75, 3.05) is 0 Å². The lowest BCUT2D eigenvalue weighted by Gasteiger charge is -2.34. The first-order chi connectivity index (χ1) is 15.4. The van der Waals surface area contributed by atoms with Crippen LogP contribution in [-0.4, -0.2) is 33.1 Å². The summed E-state index contributed by atoms with van der Waals surface area (Å²) in [5.41, 5.74) is 2.36. The van der Waals surface area contributed by atoms with E-state index in [1.54, 1.807) is 0 Å². The summed E-state index contributed by atoms with van der Waals surface area (Å²) in [5.74, 6) is 0. The van der Waals surface area contributed by atoms with Crippen molar-refractivity contribution in [2.45, 2.75) is 61.8 Å². The monoisotopic (exact) mass is 420 g/mol. The third-order valence-electron chi connectivity index (χ3n) is 4.43. The minimum atomic E-state index is -1.49. The predicted octanol–water partition coefficient (Wildman–Crippen LogP) is 5.57. The van der Waals surface area contributed by atoms with Crippen molar-refractivity contribution in [3.8, 4) is 0 Å². The number of benzene rings is 2. The molecular formula is C26H41BN4. The Morgan fingerprint density at radius 2 is 1.19 bits per heavy atom. The molecule has 2 heterocycles. The van der Waals surface area contributed by atoms with E-state index in [9.17, 15) is 0 Å². The fourth-order valence-corrected chi connectivity index (χ4v) is 3.46. The van der Waals surface area contributed by atoms with Crippen molar-refractivity contribution < 1.29 is 4.60 Å². The van der Waals surface area contributed by atoms with Crippen LogP contribution in [0.5, 0.6) is 0 Å². The van der Waals surface area contributed by atoms with Crippen LogP contribution in [0.1, 0.15) is 61.8 Å². The fraction of sp³-hybridized carbons (Fsp3) is 0.346. The number of nitrogens with zero attached hydrogens (tertiary/aromatic N) is 4. The quantitative estimate of drug-likeness (QED) is 0.509. The van der Waals surface area contributed by atoms with Gasteiger partial charge in [-0.1, -0.05) is 121 Å². The topological polar surface area (TPSA) is 33.2 Å². The normalized spacial score (nSPS) is 11.2. The Morgan fingerprint density at radius 1 is 0.710 bits per heavy atom. The van der Waals surface area contributed by atoms with Crippen molar-refractivity contribution >= 4 is 29.8 Å². The fourth-order valence-electron chi connectivity index (χ4n) is 3.46. The summed E-state index contributed by atoms with van der Waals surface area (Å²) in [6, 6.07) is 22.9. The Kier molecular flexibility index (Phi) is 15.2. The molecule has 1 aliphatic rings. The summed E-state index contributed by atoms with van der Waals surface area (Å²) in [6.45, 7) is 16.0. The van der Waals surface area contributed by atoms with E-state index >= 15 is 0 Å². The Hall–Kier alpha value is -2.95.